The number of rotatable bonds is 2. The Balaban J connectivity index is 2.44. The zero-order valence-electron chi connectivity index (χ0n) is 10.1. The third-order valence-electron chi connectivity index (χ3n) is 3.69. The highest BCUT2D eigenvalue weighted by Crippen LogP contribution is 2.43. The zero-order valence-corrected chi connectivity index (χ0v) is 10.1. The van der Waals surface area contributed by atoms with Gasteiger partial charge in [0.1, 0.15) is 6.07 Å². The smallest absolute Gasteiger partial charge is 0.102 e. The molecular weight excluding hydrogens is 210 g/mol. The minimum atomic E-state index is -0.0130. The molecule has 1 aliphatic carbocycles. The van der Waals surface area contributed by atoms with Gasteiger partial charge in [-0.3, -0.25) is 4.98 Å². The summed E-state index contributed by atoms with van der Waals surface area (Å²) < 4.78 is 0. The van der Waals surface area contributed by atoms with Gasteiger partial charge in [-0.05, 0) is 18.9 Å². The van der Waals surface area contributed by atoms with Crippen molar-refractivity contribution in [1.29, 1.82) is 5.26 Å². The number of nitrogens with zero attached hydrogens (tertiary/aromatic N) is 2. The van der Waals surface area contributed by atoms with Gasteiger partial charge in [0.15, 0.2) is 0 Å². The van der Waals surface area contributed by atoms with Gasteiger partial charge < -0.3 is 5.73 Å². The molecule has 0 unspecified atom stereocenters. The predicted octanol–water partition coefficient (Wildman–Crippen LogP) is 2.86. The molecule has 0 amide bonds. The molecule has 88 valence electrons. The lowest BCUT2D eigenvalue weighted by Gasteiger charge is -2.25. The fraction of sp³-hybridized carbons (Fsp3) is 0.429. The molecule has 1 heterocycles. The summed E-state index contributed by atoms with van der Waals surface area (Å²) >= 11 is 0. The summed E-state index contributed by atoms with van der Waals surface area (Å²) in [6.45, 7) is 2.16. The third kappa shape index (κ3) is 2.16. The molecule has 0 aliphatic heterocycles. The molecule has 0 saturated heterocycles. The first-order valence-electron chi connectivity index (χ1n) is 5.98. The summed E-state index contributed by atoms with van der Waals surface area (Å²) in [5, 5.41) is 9.31. The Kier molecular flexibility index (Phi) is 3.14. The van der Waals surface area contributed by atoms with Crippen LogP contribution in [0, 0.1) is 16.7 Å². The average molecular weight is 227 g/mol. The molecule has 1 saturated carbocycles. The van der Waals surface area contributed by atoms with E-state index in [4.69, 9.17) is 5.73 Å². The SMILES string of the molecule is CC1(/C(N)=C(/C#N)c2cccnc2)CCCC1. The molecular formula is C14H17N3. The van der Waals surface area contributed by atoms with Gasteiger partial charge >= 0.3 is 0 Å². The summed E-state index contributed by atoms with van der Waals surface area (Å²) in [5.41, 5.74) is 8.35. The second-order valence-electron chi connectivity index (χ2n) is 4.91. The van der Waals surface area contributed by atoms with Gasteiger partial charge in [0.25, 0.3) is 0 Å². The molecule has 2 rings (SSSR count). The molecule has 0 spiro atoms. The van der Waals surface area contributed by atoms with Gasteiger partial charge in [-0.1, -0.05) is 25.8 Å². The maximum Gasteiger partial charge on any atom is 0.102 e. The van der Waals surface area contributed by atoms with Gasteiger partial charge in [0.2, 0.25) is 0 Å². The lowest BCUT2D eigenvalue weighted by Crippen LogP contribution is -2.22. The van der Waals surface area contributed by atoms with Gasteiger partial charge in [-0.2, -0.15) is 5.26 Å². The fourth-order valence-corrected chi connectivity index (χ4v) is 2.52. The van der Waals surface area contributed by atoms with E-state index in [1.807, 2.05) is 12.1 Å². The second kappa shape index (κ2) is 4.58. The molecule has 1 aromatic heterocycles. The van der Waals surface area contributed by atoms with E-state index < -0.39 is 0 Å². The minimum absolute atomic E-state index is 0.0130. The number of hydrogen-bond acceptors (Lipinski definition) is 3. The summed E-state index contributed by atoms with van der Waals surface area (Å²) in [6.07, 6.45) is 7.94. The Morgan fingerprint density at radius 1 is 1.47 bits per heavy atom. The van der Waals surface area contributed by atoms with E-state index in [-0.39, 0.29) is 5.41 Å². The lowest BCUT2D eigenvalue weighted by atomic mass is 9.82. The van der Waals surface area contributed by atoms with E-state index in [1.54, 1.807) is 12.4 Å². The van der Waals surface area contributed by atoms with Crippen molar-refractivity contribution < 1.29 is 0 Å². The predicted molar refractivity (Wildman–Crippen MR) is 67.5 cm³/mol. The summed E-state index contributed by atoms with van der Waals surface area (Å²) in [6, 6.07) is 5.95. The van der Waals surface area contributed by atoms with Crippen LogP contribution in [-0.4, -0.2) is 4.98 Å². The summed E-state index contributed by atoms with van der Waals surface area (Å²) in [4.78, 5) is 4.04. The van der Waals surface area contributed by atoms with Crippen molar-refractivity contribution >= 4 is 5.57 Å². The molecule has 0 radical (unpaired) electrons. The van der Waals surface area contributed by atoms with Crippen molar-refractivity contribution in [3.8, 4) is 6.07 Å². The fourth-order valence-electron chi connectivity index (χ4n) is 2.52. The van der Waals surface area contributed by atoms with Crippen LogP contribution >= 0.6 is 0 Å². The van der Waals surface area contributed by atoms with Crippen molar-refractivity contribution in [2.45, 2.75) is 32.6 Å². The van der Waals surface area contributed by atoms with Crippen LogP contribution in [0.25, 0.3) is 5.57 Å². The summed E-state index contributed by atoms with van der Waals surface area (Å²) in [5.74, 6) is 0. The highest BCUT2D eigenvalue weighted by Gasteiger charge is 2.33. The van der Waals surface area contributed by atoms with Crippen LogP contribution in [-0.2, 0) is 0 Å². The first-order chi connectivity index (χ1) is 8.17. The quantitative estimate of drug-likeness (QED) is 0.790. The van der Waals surface area contributed by atoms with Crippen LogP contribution in [0.2, 0.25) is 0 Å². The first-order valence-corrected chi connectivity index (χ1v) is 5.98. The van der Waals surface area contributed by atoms with Gasteiger partial charge in [0, 0.05) is 29.1 Å². The monoisotopic (exact) mass is 227 g/mol. The van der Waals surface area contributed by atoms with E-state index in [9.17, 15) is 5.26 Å². The Morgan fingerprint density at radius 3 is 2.71 bits per heavy atom. The summed E-state index contributed by atoms with van der Waals surface area (Å²) in [7, 11) is 0. The molecule has 0 bridgehead atoms. The van der Waals surface area contributed by atoms with Gasteiger partial charge in [-0.25, -0.2) is 0 Å². The van der Waals surface area contributed by atoms with Crippen molar-refractivity contribution in [2.75, 3.05) is 0 Å². The Hall–Kier alpha value is -1.82. The van der Waals surface area contributed by atoms with Crippen molar-refractivity contribution in [3.05, 3.63) is 35.8 Å². The second-order valence-corrected chi connectivity index (χ2v) is 4.91. The minimum Gasteiger partial charge on any atom is -0.401 e. The molecule has 1 aliphatic rings. The molecule has 1 fully saturated rings. The number of nitrogens with two attached hydrogens (primary N) is 1. The maximum atomic E-state index is 9.31. The van der Waals surface area contributed by atoms with E-state index in [0.29, 0.717) is 5.57 Å². The Morgan fingerprint density at radius 2 is 2.18 bits per heavy atom. The van der Waals surface area contributed by atoms with E-state index in [1.165, 1.54) is 12.8 Å². The highest BCUT2D eigenvalue weighted by atomic mass is 14.7. The van der Waals surface area contributed by atoms with Crippen molar-refractivity contribution in [3.63, 3.8) is 0 Å². The number of allylic oxidation sites excluding steroid dienone is 2. The third-order valence-corrected chi connectivity index (χ3v) is 3.69. The van der Waals surface area contributed by atoms with E-state index in [0.717, 1.165) is 24.1 Å². The van der Waals surface area contributed by atoms with Gasteiger partial charge in [0.05, 0.1) is 5.57 Å². The zero-order chi connectivity index (χ0) is 12.3. The molecule has 1 aromatic rings. The number of pyridine rings is 1. The van der Waals surface area contributed by atoms with E-state index >= 15 is 0 Å². The van der Waals surface area contributed by atoms with Crippen LogP contribution in [0.1, 0.15) is 38.2 Å². The Labute approximate surface area is 102 Å². The number of aromatic nitrogens is 1. The number of nitriles is 1. The molecule has 17 heavy (non-hydrogen) atoms. The number of hydrogen-bond donors (Lipinski definition) is 1. The van der Waals surface area contributed by atoms with Crippen LogP contribution < -0.4 is 5.73 Å². The average Bonchev–Trinajstić information content (AvgIpc) is 2.80. The highest BCUT2D eigenvalue weighted by molar-refractivity contribution is 5.79. The van der Waals surface area contributed by atoms with Crippen molar-refractivity contribution in [1.82, 2.24) is 4.98 Å². The largest absolute Gasteiger partial charge is 0.401 e. The van der Waals surface area contributed by atoms with Gasteiger partial charge in [-0.15, -0.1) is 0 Å². The molecule has 0 atom stereocenters. The van der Waals surface area contributed by atoms with E-state index in [2.05, 4.69) is 18.0 Å². The maximum absolute atomic E-state index is 9.31. The topological polar surface area (TPSA) is 62.7 Å². The molecule has 3 heteroatoms. The standard InChI is InChI=1S/C14H17N3/c1-14(6-2-3-7-14)13(16)12(9-15)11-5-4-8-17-10-11/h4-5,8,10H,2-3,6-7,16H2,1H3/b13-12+. The normalized spacial score (nSPS) is 19.5. The lowest BCUT2D eigenvalue weighted by molar-refractivity contribution is 0.411. The molecule has 0 aromatic carbocycles. The van der Waals surface area contributed by atoms with Crippen LogP contribution in [0.5, 0.6) is 0 Å². The van der Waals surface area contributed by atoms with Crippen LogP contribution in [0.4, 0.5) is 0 Å². The van der Waals surface area contributed by atoms with Crippen LogP contribution in [0.3, 0.4) is 0 Å². The molecule has 3 nitrogen and oxygen atoms in total. The van der Waals surface area contributed by atoms with Crippen LogP contribution in [0.15, 0.2) is 30.2 Å². The molecule has 2 N–H and O–H groups in total. The first kappa shape index (κ1) is 11.7. The Bertz CT molecular complexity index is 462. The van der Waals surface area contributed by atoms with Crippen molar-refractivity contribution in [2.24, 2.45) is 11.1 Å².